The van der Waals surface area contributed by atoms with Crippen LogP contribution in [0.2, 0.25) is 0 Å². The molecule has 3 heteroatoms. The van der Waals surface area contributed by atoms with E-state index in [0.29, 0.717) is 0 Å². The van der Waals surface area contributed by atoms with Gasteiger partial charge in [0.2, 0.25) is 0 Å². The first kappa shape index (κ1) is 7.68. The topological polar surface area (TPSA) is 25.8 Å². The number of halogens is 1. The lowest BCUT2D eigenvalue weighted by atomic mass is 10.2. The fourth-order valence-corrected chi connectivity index (χ4v) is 1.45. The minimum atomic E-state index is 0.987. The second-order valence-electron chi connectivity index (χ2n) is 2.67. The molecule has 0 atom stereocenters. The van der Waals surface area contributed by atoms with Crippen molar-refractivity contribution in [1.82, 2.24) is 9.97 Å². The number of aryl methyl sites for hydroxylation is 1. The van der Waals surface area contributed by atoms with Crippen molar-refractivity contribution in [2.24, 2.45) is 0 Å². The van der Waals surface area contributed by atoms with E-state index in [2.05, 4.69) is 25.9 Å². The number of hydrogen-bond donors (Lipinski definition) is 0. The first-order valence-electron chi connectivity index (χ1n) is 3.63. The summed E-state index contributed by atoms with van der Waals surface area (Å²) in [7, 11) is 0. The van der Waals surface area contributed by atoms with E-state index in [-0.39, 0.29) is 0 Å². The number of aromatic nitrogens is 2. The SMILES string of the molecule is Cc1cc2ncc(Br)cc2cn1. The lowest BCUT2D eigenvalue weighted by molar-refractivity contribution is 1.21. The van der Waals surface area contributed by atoms with E-state index in [9.17, 15) is 0 Å². The molecule has 0 aliphatic carbocycles. The highest BCUT2D eigenvalue weighted by Gasteiger charge is 1.95. The molecule has 0 fully saturated rings. The minimum Gasteiger partial charge on any atom is -0.261 e. The Balaban J connectivity index is 2.79. The molecule has 0 N–H and O–H groups in total. The lowest BCUT2D eigenvalue weighted by Crippen LogP contribution is -1.83. The highest BCUT2D eigenvalue weighted by atomic mass is 79.9. The summed E-state index contributed by atoms with van der Waals surface area (Å²) in [4.78, 5) is 8.44. The van der Waals surface area contributed by atoms with Gasteiger partial charge in [0.15, 0.2) is 0 Å². The van der Waals surface area contributed by atoms with Gasteiger partial charge in [-0.05, 0) is 35.0 Å². The molecule has 0 aliphatic heterocycles. The largest absolute Gasteiger partial charge is 0.261 e. The van der Waals surface area contributed by atoms with Crippen molar-refractivity contribution in [3.8, 4) is 0 Å². The number of hydrogen-bond acceptors (Lipinski definition) is 2. The highest BCUT2D eigenvalue weighted by molar-refractivity contribution is 9.10. The third-order valence-electron chi connectivity index (χ3n) is 1.67. The maximum Gasteiger partial charge on any atom is 0.0736 e. The summed E-state index contributed by atoms with van der Waals surface area (Å²) in [5.41, 5.74) is 1.99. The van der Waals surface area contributed by atoms with Crippen molar-refractivity contribution in [1.29, 1.82) is 0 Å². The number of fused-ring (bicyclic) bond motifs is 1. The number of rotatable bonds is 0. The average Bonchev–Trinajstić information content (AvgIpc) is 2.05. The van der Waals surface area contributed by atoms with Gasteiger partial charge in [0.1, 0.15) is 0 Å². The Hall–Kier alpha value is -0.960. The van der Waals surface area contributed by atoms with Gasteiger partial charge < -0.3 is 0 Å². The maximum absolute atomic E-state index is 4.25. The first-order chi connectivity index (χ1) is 5.75. The maximum atomic E-state index is 4.25. The third kappa shape index (κ3) is 1.32. The Bertz CT molecular complexity index is 385. The normalized spacial score (nSPS) is 10.5. The van der Waals surface area contributed by atoms with Crippen LogP contribution in [0.1, 0.15) is 5.69 Å². The van der Waals surface area contributed by atoms with Crippen LogP contribution in [0.4, 0.5) is 0 Å². The fourth-order valence-electron chi connectivity index (χ4n) is 1.10. The Kier molecular flexibility index (Phi) is 1.81. The first-order valence-corrected chi connectivity index (χ1v) is 4.43. The summed E-state index contributed by atoms with van der Waals surface area (Å²) in [5, 5.41) is 1.06. The second-order valence-corrected chi connectivity index (χ2v) is 3.59. The molecule has 0 spiro atoms. The molecule has 0 saturated heterocycles. The van der Waals surface area contributed by atoms with Crippen molar-refractivity contribution < 1.29 is 0 Å². The molecule has 0 aromatic carbocycles. The summed E-state index contributed by atoms with van der Waals surface area (Å²) < 4.78 is 0.987. The average molecular weight is 223 g/mol. The Morgan fingerprint density at radius 1 is 1.17 bits per heavy atom. The lowest BCUT2D eigenvalue weighted by Gasteiger charge is -1.97. The van der Waals surface area contributed by atoms with Crippen molar-refractivity contribution in [3.63, 3.8) is 0 Å². The van der Waals surface area contributed by atoms with Crippen LogP contribution in [0.3, 0.4) is 0 Å². The highest BCUT2D eigenvalue weighted by Crippen LogP contribution is 2.16. The van der Waals surface area contributed by atoms with Gasteiger partial charge in [-0.15, -0.1) is 0 Å². The van der Waals surface area contributed by atoms with E-state index in [4.69, 9.17) is 0 Å². The fraction of sp³-hybridized carbons (Fsp3) is 0.111. The van der Waals surface area contributed by atoms with Gasteiger partial charge in [-0.3, -0.25) is 9.97 Å². The molecule has 0 unspecified atom stereocenters. The zero-order valence-corrected chi connectivity index (χ0v) is 8.17. The summed E-state index contributed by atoms with van der Waals surface area (Å²) >= 11 is 3.36. The van der Waals surface area contributed by atoms with Crippen molar-refractivity contribution in [2.75, 3.05) is 0 Å². The van der Waals surface area contributed by atoms with Gasteiger partial charge in [0.05, 0.1) is 5.52 Å². The van der Waals surface area contributed by atoms with Crippen molar-refractivity contribution in [2.45, 2.75) is 6.92 Å². The van der Waals surface area contributed by atoms with Crippen molar-refractivity contribution >= 4 is 26.8 Å². The van der Waals surface area contributed by atoms with E-state index in [0.717, 1.165) is 21.1 Å². The Labute approximate surface area is 78.8 Å². The van der Waals surface area contributed by atoms with Crippen LogP contribution in [-0.4, -0.2) is 9.97 Å². The quantitative estimate of drug-likeness (QED) is 0.686. The summed E-state index contributed by atoms with van der Waals surface area (Å²) in [5.74, 6) is 0. The van der Waals surface area contributed by atoms with Crippen molar-refractivity contribution in [3.05, 3.63) is 34.7 Å². The van der Waals surface area contributed by atoms with Crippen LogP contribution in [0.25, 0.3) is 10.9 Å². The van der Waals surface area contributed by atoms with Crippen LogP contribution in [-0.2, 0) is 0 Å². The summed E-state index contributed by atoms with van der Waals surface area (Å²) in [6.07, 6.45) is 3.63. The van der Waals surface area contributed by atoms with Gasteiger partial charge in [-0.2, -0.15) is 0 Å². The zero-order valence-electron chi connectivity index (χ0n) is 6.58. The molecule has 60 valence electrons. The zero-order chi connectivity index (χ0) is 8.55. The smallest absolute Gasteiger partial charge is 0.0736 e. The van der Waals surface area contributed by atoms with Crippen LogP contribution < -0.4 is 0 Å². The molecule has 2 aromatic heterocycles. The molecule has 0 amide bonds. The Morgan fingerprint density at radius 3 is 2.83 bits per heavy atom. The van der Waals surface area contributed by atoms with Crippen LogP contribution in [0, 0.1) is 6.92 Å². The standard InChI is InChI=1S/C9H7BrN2/c1-6-2-9-7(4-11-6)3-8(10)5-12-9/h2-5H,1H3. The predicted molar refractivity (Wildman–Crippen MR) is 52.0 cm³/mol. The van der Waals surface area contributed by atoms with Gasteiger partial charge in [-0.25, -0.2) is 0 Å². The number of pyridine rings is 2. The molecule has 0 aliphatic rings. The molecule has 0 radical (unpaired) electrons. The van der Waals surface area contributed by atoms with E-state index >= 15 is 0 Å². The molecule has 2 heterocycles. The molecule has 12 heavy (non-hydrogen) atoms. The van der Waals surface area contributed by atoms with E-state index in [1.807, 2.05) is 25.3 Å². The molecule has 0 saturated carbocycles. The molecular weight excluding hydrogens is 216 g/mol. The van der Waals surface area contributed by atoms with Crippen LogP contribution in [0.5, 0.6) is 0 Å². The van der Waals surface area contributed by atoms with Crippen LogP contribution in [0.15, 0.2) is 29.0 Å². The Morgan fingerprint density at radius 2 is 2.00 bits per heavy atom. The van der Waals surface area contributed by atoms with Gasteiger partial charge in [0.25, 0.3) is 0 Å². The molecule has 0 bridgehead atoms. The number of nitrogens with zero attached hydrogens (tertiary/aromatic N) is 2. The summed E-state index contributed by atoms with van der Waals surface area (Å²) in [6, 6.07) is 3.98. The van der Waals surface area contributed by atoms with Gasteiger partial charge in [-0.1, -0.05) is 0 Å². The van der Waals surface area contributed by atoms with Gasteiger partial charge >= 0.3 is 0 Å². The van der Waals surface area contributed by atoms with E-state index in [1.54, 1.807) is 6.20 Å². The van der Waals surface area contributed by atoms with Crippen LogP contribution >= 0.6 is 15.9 Å². The van der Waals surface area contributed by atoms with E-state index < -0.39 is 0 Å². The second kappa shape index (κ2) is 2.83. The molecule has 2 nitrogen and oxygen atoms in total. The molecule has 2 rings (SSSR count). The minimum absolute atomic E-state index is 0.987. The monoisotopic (exact) mass is 222 g/mol. The van der Waals surface area contributed by atoms with Gasteiger partial charge in [0, 0.05) is 27.9 Å². The summed E-state index contributed by atoms with van der Waals surface area (Å²) in [6.45, 7) is 1.96. The molecule has 2 aromatic rings. The third-order valence-corrected chi connectivity index (χ3v) is 2.10. The molecular formula is C9H7BrN2. The van der Waals surface area contributed by atoms with E-state index in [1.165, 1.54) is 0 Å². The predicted octanol–water partition coefficient (Wildman–Crippen LogP) is 2.70.